The van der Waals surface area contributed by atoms with E-state index < -0.39 is 0 Å². The molecule has 1 saturated carbocycles. The molecule has 0 bridgehead atoms. The van der Waals surface area contributed by atoms with E-state index in [0.29, 0.717) is 6.04 Å². The number of anilines is 1. The van der Waals surface area contributed by atoms with Gasteiger partial charge in [-0.05, 0) is 43.5 Å². The van der Waals surface area contributed by atoms with Gasteiger partial charge in [0.2, 0.25) is 0 Å². The highest BCUT2D eigenvalue weighted by Crippen LogP contribution is 2.32. The summed E-state index contributed by atoms with van der Waals surface area (Å²) in [6.07, 6.45) is 6.35. The fraction of sp³-hybridized carbons (Fsp3) is 0.562. The van der Waals surface area contributed by atoms with Crippen molar-refractivity contribution in [1.82, 2.24) is 5.32 Å². The molecule has 1 aromatic rings. The first kappa shape index (κ1) is 13.4. The topological polar surface area (TPSA) is 41.6 Å². The van der Waals surface area contributed by atoms with Crippen molar-refractivity contribution in [2.24, 2.45) is 0 Å². The highest BCUT2D eigenvalue weighted by atomic mass is 16.5. The first-order valence-electron chi connectivity index (χ1n) is 7.50. The van der Waals surface area contributed by atoms with Gasteiger partial charge in [-0.15, -0.1) is 0 Å². The molecule has 0 spiro atoms. The molecule has 0 saturated heterocycles. The van der Waals surface area contributed by atoms with E-state index in [-0.39, 0.29) is 12.5 Å². The monoisotopic (exact) mass is 274 g/mol. The van der Waals surface area contributed by atoms with Crippen LogP contribution in [0.4, 0.5) is 5.69 Å². The standard InChI is InChI=1S/C16H22N2O2/c1-18-14-10-12(6-7-15(14)20-11-16(18)19)8-9-17-13-4-2-3-5-13/h6-7,10,13,17H,2-5,8-9,11H2,1H3. The summed E-state index contributed by atoms with van der Waals surface area (Å²) in [5.41, 5.74) is 2.14. The summed E-state index contributed by atoms with van der Waals surface area (Å²) in [4.78, 5) is 13.3. The molecule has 1 aliphatic carbocycles. The molecule has 4 heteroatoms. The average molecular weight is 274 g/mol. The number of nitrogens with one attached hydrogen (secondary N) is 1. The van der Waals surface area contributed by atoms with Gasteiger partial charge in [0, 0.05) is 13.1 Å². The van der Waals surface area contributed by atoms with Crippen molar-refractivity contribution >= 4 is 11.6 Å². The summed E-state index contributed by atoms with van der Waals surface area (Å²) < 4.78 is 5.44. The number of benzene rings is 1. The Morgan fingerprint density at radius 1 is 1.35 bits per heavy atom. The summed E-state index contributed by atoms with van der Waals surface area (Å²) in [7, 11) is 1.81. The van der Waals surface area contributed by atoms with Crippen molar-refractivity contribution < 1.29 is 9.53 Å². The van der Waals surface area contributed by atoms with E-state index in [0.717, 1.165) is 24.4 Å². The van der Waals surface area contributed by atoms with Crippen molar-refractivity contribution in [3.05, 3.63) is 23.8 Å². The number of rotatable bonds is 4. The summed E-state index contributed by atoms with van der Waals surface area (Å²) >= 11 is 0. The van der Waals surface area contributed by atoms with Crippen molar-refractivity contribution in [3.63, 3.8) is 0 Å². The molecule has 2 aliphatic rings. The third-order valence-corrected chi connectivity index (χ3v) is 4.31. The lowest BCUT2D eigenvalue weighted by Gasteiger charge is -2.26. The Morgan fingerprint density at radius 3 is 2.95 bits per heavy atom. The van der Waals surface area contributed by atoms with Crippen LogP contribution in [-0.2, 0) is 11.2 Å². The Morgan fingerprint density at radius 2 is 2.15 bits per heavy atom. The molecule has 1 aliphatic heterocycles. The lowest BCUT2D eigenvalue weighted by atomic mass is 10.1. The Hall–Kier alpha value is -1.55. The first-order valence-corrected chi connectivity index (χ1v) is 7.50. The first-order chi connectivity index (χ1) is 9.74. The number of ether oxygens (including phenoxy) is 1. The van der Waals surface area contributed by atoms with Crippen LogP contribution in [0.15, 0.2) is 18.2 Å². The molecule has 0 atom stereocenters. The zero-order valence-corrected chi connectivity index (χ0v) is 12.0. The van der Waals surface area contributed by atoms with Gasteiger partial charge in [0.1, 0.15) is 5.75 Å². The Labute approximate surface area is 120 Å². The number of amides is 1. The predicted octanol–water partition coefficient (Wildman–Crippen LogP) is 2.12. The van der Waals surface area contributed by atoms with Crippen molar-refractivity contribution in [2.75, 3.05) is 25.1 Å². The van der Waals surface area contributed by atoms with E-state index in [2.05, 4.69) is 17.4 Å². The maximum atomic E-state index is 11.6. The van der Waals surface area contributed by atoms with Crippen LogP contribution in [-0.4, -0.2) is 32.1 Å². The molecule has 108 valence electrons. The molecule has 20 heavy (non-hydrogen) atoms. The number of hydrogen-bond donors (Lipinski definition) is 1. The maximum Gasteiger partial charge on any atom is 0.264 e. The molecular formula is C16H22N2O2. The third kappa shape index (κ3) is 2.80. The number of carbonyl (C=O) groups is 1. The summed E-state index contributed by atoms with van der Waals surface area (Å²) in [6.45, 7) is 1.15. The summed E-state index contributed by atoms with van der Waals surface area (Å²) in [5.74, 6) is 0.818. The summed E-state index contributed by atoms with van der Waals surface area (Å²) in [5, 5.41) is 3.62. The molecule has 1 heterocycles. The predicted molar refractivity (Wildman–Crippen MR) is 79.3 cm³/mol. The van der Waals surface area contributed by atoms with Gasteiger partial charge in [-0.2, -0.15) is 0 Å². The molecule has 1 N–H and O–H groups in total. The lowest BCUT2D eigenvalue weighted by molar-refractivity contribution is -0.120. The van der Waals surface area contributed by atoms with Gasteiger partial charge in [0.05, 0.1) is 5.69 Å². The van der Waals surface area contributed by atoms with Crippen LogP contribution in [0.25, 0.3) is 0 Å². The highest BCUT2D eigenvalue weighted by Gasteiger charge is 2.22. The Bertz CT molecular complexity index is 495. The van der Waals surface area contributed by atoms with Crippen LogP contribution >= 0.6 is 0 Å². The second-order valence-corrected chi connectivity index (χ2v) is 5.73. The van der Waals surface area contributed by atoms with Gasteiger partial charge in [0.25, 0.3) is 5.91 Å². The smallest absolute Gasteiger partial charge is 0.264 e. The van der Waals surface area contributed by atoms with Gasteiger partial charge in [-0.3, -0.25) is 4.79 Å². The van der Waals surface area contributed by atoms with Gasteiger partial charge >= 0.3 is 0 Å². The third-order valence-electron chi connectivity index (χ3n) is 4.31. The van der Waals surface area contributed by atoms with E-state index in [1.54, 1.807) is 4.90 Å². The van der Waals surface area contributed by atoms with Crippen LogP contribution in [0.2, 0.25) is 0 Å². The molecule has 1 amide bonds. The van der Waals surface area contributed by atoms with Crippen LogP contribution < -0.4 is 15.0 Å². The fourth-order valence-electron chi connectivity index (χ4n) is 3.02. The SMILES string of the molecule is CN1C(=O)COc2ccc(CCNC3CCCC3)cc21. The number of likely N-dealkylation sites (N-methyl/N-ethyl adjacent to an activating group) is 1. The van der Waals surface area contributed by atoms with Crippen LogP contribution in [0.5, 0.6) is 5.75 Å². The maximum absolute atomic E-state index is 11.6. The normalized spacial score (nSPS) is 19.1. The number of carbonyl (C=O) groups excluding carboxylic acids is 1. The highest BCUT2D eigenvalue weighted by molar-refractivity contribution is 5.97. The minimum Gasteiger partial charge on any atom is -0.482 e. The Kier molecular flexibility index (Phi) is 3.92. The molecule has 0 radical (unpaired) electrons. The summed E-state index contributed by atoms with van der Waals surface area (Å²) in [6, 6.07) is 6.85. The minimum atomic E-state index is 0.0127. The molecule has 1 aromatic carbocycles. The van der Waals surface area contributed by atoms with E-state index in [1.807, 2.05) is 13.1 Å². The molecule has 3 rings (SSSR count). The van der Waals surface area contributed by atoms with Crippen LogP contribution in [0.3, 0.4) is 0 Å². The van der Waals surface area contributed by atoms with E-state index in [1.165, 1.54) is 31.2 Å². The molecular weight excluding hydrogens is 252 g/mol. The second kappa shape index (κ2) is 5.83. The Balaban J connectivity index is 1.61. The molecule has 4 nitrogen and oxygen atoms in total. The quantitative estimate of drug-likeness (QED) is 0.914. The van der Waals surface area contributed by atoms with Crippen molar-refractivity contribution in [3.8, 4) is 5.75 Å². The minimum absolute atomic E-state index is 0.0127. The second-order valence-electron chi connectivity index (χ2n) is 5.73. The zero-order valence-electron chi connectivity index (χ0n) is 12.0. The largest absolute Gasteiger partial charge is 0.482 e. The fourth-order valence-corrected chi connectivity index (χ4v) is 3.02. The molecule has 0 unspecified atom stereocenters. The van der Waals surface area contributed by atoms with E-state index in [9.17, 15) is 4.79 Å². The zero-order chi connectivity index (χ0) is 13.9. The van der Waals surface area contributed by atoms with Gasteiger partial charge in [-0.1, -0.05) is 18.9 Å². The van der Waals surface area contributed by atoms with E-state index >= 15 is 0 Å². The van der Waals surface area contributed by atoms with Crippen molar-refractivity contribution in [1.29, 1.82) is 0 Å². The lowest BCUT2D eigenvalue weighted by Crippen LogP contribution is -2.35. The van der Waals surface area contributed by atoms with Gasteiger partial charge < -0.3 is 15.0 Å². The van der Waals surface area contributed by atoms with Crippen LogP contribution in [0, 0.1) is 0 Å². The number of fused-ring (bicyclic) bond motifs is 1. The van der Waals surface area contributed by atoms with Crippen molar-refractivity contribution in [2.45, 2.75) is 38.1 Å². The molecule has 1 fully saturated rings. The van der Waals surface area contributed by atoms with E-state index in [4.69, 9.17) is 4.74 Å². The number of hydrogen-bond acceptors (Lipinski definition) is 3. The van der Waals surface area contributed by atoms with Gasteiger partial charge in [0.15, 0.2) is 6.61 Å². The number of nitrogens with zero attached hydrogens (tertiary/aromatic N) is 1. The van der Waals surface area contributed by atoms with Gasteiger partial charge in [-0.25, -0.2) is 0 Å². The average Bonchev–Trinajstić information content (AvgIpc) is 2.97. The molecule has 0 aromatic heterocycles. The van der Waals surface area contributed by atoms with Crippen LogP contribution in [0.1, 0.15) is 31.2 Å².